The van der Waals surface area contributed by atoms with Crippen LogP contribution in [0.5, 0.6) is 0 Å². The average molecular weight is 277 g/mol. The highest BCUT2D eigenvalue weighted by Crippen LogP contribution is 2.39. The first kappa shape index (κ1) is 13.1. The van der Waals surface area contributed by atoms with E-state index in [9.17, 15) is 0 Å². The number of hydrogen-bond donors (Lipinski definition) is 1. The Hall–Kier alpha value is -1.60. The predicted molar refractivity (Wildman–Crippen MR) is 87.6 cm³/mol. The van der Waals surface area contributed by atoms with E-state index in [0.717, 1.165) is 12.5 Å². The van der Waals surface area contributed by atoms with Gasteiger partial charge in [0.1, 0.15) is 0 Å². The van der Waals surface area contributed by atoms with Crippen molar-refractivity contribution in [2.75, 3.05) is 6.54 Å². The summed E-state index contributed by atoms with van der Waals surface area (Å²) in [6.45, 7) is 1.12. The van der Waals surface area contributed by atoms with Gasteiger partial charge in [-0.1, -0.05) is 48.5 Å². The van der Waals surface area contributed by atoms with Crippen LogP contribution < -0.4 is 5.32 Å². The van der Waals surface area contributed by atoms with Crippen LogP contribution in [0.1, 0.15) is 53.5 Å². The van der Waals surface area contributed by atoms with Gasteiger partial charge >= 0.3 is 0 Å². The van der Waals surface area contributed by atoms with Gasteiger partial charge in [0.05, 0.1) is 0 Å². The zero-order chi connectivity index (χ0) is 14.1. The summed E-state index contributed by atoms with van der Waals surface area (Å²) >= 11 is 0. The summed E-state index contributed by atoms with van der Waals surface area (Å²) in [5, 5.41) is 3.75. The van der Waals surface area contributed by atoms with E-state index in [0.29, 0.717) is 6.04 Å². The van der Waals surface area contributed by atoms with E-state index in [1.165, 1.54) is 37.7 Å². The Morgan fingerprint density at radius 3 is 2.43 bits per heavy atom. The minimum absolute atomic E-state index is 0.533. The van der Waals surface area contributed by atoms with Crippen molar-refractivity contribution >= 4 is 0 Å². The molecule has 0 aromatic heterocycles. The van der Waals surface area contributed by atoms with Crippen LogP contribution in [0.3, 0.4) is 0 Å². The topological polar surface area (TPSA) is 12.0 Å². The molecular formula is C20H23N. The third-order valence-electron chi connectivity index (χ3n) is 5.23. The molecule has 0 saturated carbocycles. The molecule has 0 amide bonds. The van der Waals surface area contributed by atoms with Crippen LogP contribution in [0, 0.1) is 0 Å². The van der Waals surface area contributed by atoms with Crippen LogP contribution in [0.25, 0.3) is 0 Å². The van der Waals surface area contributed by atoms with E-state index in [1.807, 2.05) is 0 Å². The molecule has 1 N–H and O–H groups in total. The number of hydrogen-bond acceptors (Lipinski definition) is 1. The van der Waals surface area contributed by atoms with E-state index in [1.54, 1.807) is 16.7 Å². The summed E-state index contributed by atoms with van der Waals surface area (Å²) in [7, 11) is 0. The molecule has 0 saturated heterocycles. The number of nitrogens with one attached hydrogen (secondary N) is 1. The van der Waals surface area contributed by atoms with Crippen molar-refractivity contribution in [3.8, 4) is 0 Å². The molecule has 2 unspecified atom stereocenters. The number of rotatable bonds is 2. The Morgan fingerprint density at radius 1 is 0.857 bits per heavy atom. The maximum atomic E-state index is 3.75. The lowest BCUT2D eigenvalue weighted by molar-refractivity contribution is 0.407. The molecule has 1 aliphatic carbocycles. The summed E-state index contributed by atoms with van der Waals surface area (Å²) in [6.07, 6.45) is 6.37. The van der Waals surface area contributed by atoms with Gasteiger partial charge in [-0.25, -0.2) is 0 Å². The van der Waals surface area contributed by atoms with Crippen molar-refractivity contribution in [3.05, 3.63) is 70.8 Å². The Balaban J connectivity index is 1.61. The lowest BCUT2D eigenvalue weighted by atomic mass is 9.77. The normalized spacial score (nSPS) is 24.2. The minimum atomic E-state index is 0.533. The van der Waals surface area contributed by atoms with Gasteiger partial charge in [0.15, 0.2) is 0 Å². The molecule has 4 rings (SSSR count). The number of benzene rings is 2. The molecule has 0 radical (unpaired) electrons. The van der Waals surface area contributed by atoms with Crippen molar-refractivity contribution < 1.29 is 0 Å². The van der Waals surface area contributed by atoms with Gasteiger partial charge in [-0.2, -0.15) is 0 Å². The summed E-state index contributed by atoms with van der Waals surface area (Å²) in [6, 6.07) is 18.6. The van der Waals surface area contributed by atoms with Crippen LogP contribution in [0.2, 0.25) is 0 Å². The summed E-state index contributed by atoms with van der Waals surface area (Å²) in [4.78, 5) is 0. The highest BCUT2D eigenvalue weighted by Gasteiger charge is 2.26. The Labute approximate surface area is 127 Å². The first-order valence-electron chi connectivity index (χ1n) is 8.31. The third kappa shape index (κ3) is 2.51. The minimum Gasteiger partial charge on any atom is -0.310 e. The second-order valence-corrected chi connectivity index (χ2v) is 6.48. The zero-order valence-electron chi connectivity index (χ0n) is 12.5. The lowest BCUT2D eigenvalue weighted by Gasteiger charge is -2.33. The van der Waals surface area contributed by atoms with Crippen molar-refractivity contribution in [2.24, 2.45) is 0 Å². The van der Waals surface area contributed by atoms with Gasteiger partial charge in [-0.15, -0.1) is 0 Å². The number of aryl methyl sites for hydroxylation is 1. The molecule has 0 bridgehead atoms. The highest BCUT2D eigenvalue weighted by atomic mass is 14.9. The molecule has 2 atom stereocenters. The van der Waals surface area contributed by atoms with Crippen molar-refractivity contribution in [3.63, 3.8) is 0 Å². The monoisotopic (exact) mass is 277 g/mol. The predicted octanol–water partition coefficient (Wildman–Crippen LogP) is 4.38. The van der Waals surface area contributed by atoms with Crippen LogP contribution in [0.15, 0.2) is 48.5 Å². The zero-order valence-corrected chi connectivity index (χ0v) is 12.5. The summed E-state index contributed by atoms with van der Waals surface area (Å²) < 4.78 is 0. The van der Waals surface area contributed by atoms with E-state index in [-0.39, 0.29) is 0 Å². The standard InChI is InChI=1S/C20H23N/c1-3-10-18-15(6-1)8-5-9-17(18)14-20-19-11-4-2-7-16(19)12-13-21-20/h1-4,6-7,10-11,17,20-21H,5,8-9,12-14H2. The SMILES string of the molecule is c1ccc2c(c1)CCCC2CC1NCCc2ccccc21. The molecule has 0 spiro atoms. The smallest absolute Gasteiger partial charge is 0.0328 e. The molecule has 1 aliphatic heterocycles. The van der Waals surface area contributed by atoms with E-state index in [4.69, 9.17) is 0 Å². The Morgan fingerprint density at radius 2 is 1.57 bits per heavy atom. The van der Waals surface area contributed by atoms with Crippen LogP contribution in [-0.4, -0.2) is 6.54 Å². The van der Waals surface area contributed by atoms with Gasteiger partial charge in [-0.05, 0) is 66.8 Å². The van der Waals surface area contributed by atoms with Crippen molar-refractivity contribution in [1.29, 1.82) is 0 Å². The van der Waals surface area contributed by atoms with Crippen molar-refractivity contribution in [1.82, 2.24) is 5.32 Å². The fraction of sp³-hybridized carbons (Fsp3) is 0.400. The second-order valence-electron chi connectivity index (χ2n) is 6.48. The van der Waals surface area contributed by atoms with Crippen LogP contribution in [0.4, 0.5) is 0 Å². The highest BCUT2D eigenvalue weighted by molar-refractivity contribution is 5.35. The second kappa shape index (κ2) is 5.65. The van der Waals surface area contributed by atoms with Gasteiger partial charge in [0.2, 0.25) is 0 Å². The van der Waals surface area contributed by atoms with Crippen molar-refractivity contribution in [2.45, 2.75) is 44.1 Å². The summed E-state index contributed by atoms with van der Waals surface area (Å²) in [5.41, 5.74) is 6.27. The third-order valence-corrected chi connectivity index (χ3v) is 5.23. The molecule has 1 heterocycles. The quantitative estimate of drug-likeness (QED) is 0.858. The summed E-state index contributed by atoms with van der Waals surface area (Å²) in [5.74, 6) is 0.721. The van der Waals surface area contributed by atoms with E-state index < -0.39 is 0 Å². The van der Waals surface area contributed by atoms with E-state index in [2.05, 4.69) is 53.8 Å². The Bertz CT molecular complexity index is 576. The van der Waals surface area contributed by atoms with Crippen LogP contribution >= 0.6 is 0 Å². The fourth-order valence-corrected chi connectivity index (χ4v) is 4.19. The van der Waals surface area contributed by atoms with Gasteiger partial charge in [-0.3, -0.25) is 0 Å². The first-order chi connectivity index (χ1) is 10.4. The lowest BCUT2D eigenvalue weighted by Crippen LogP contribution is -2.31. The molecule has 21 heavy (non-hydrogen) atoms. The average Bonchev–Trinajstić information content (AvgIpc) is 2.56. The fourth-order valence-electron chi connectivity index (χ4n) is 4.19. The molecule has 1 nitrogen and oxygen atoms in total. The van der Waals surface area contributed by atoms with Gasteiger partial charge < -0.3 is 5.32 Å². The Kier molecular flexibility index (Phi) is 3.52. The van der Waals surface area contributed by atoms with E-state index >= 15 is 0 Å². The first-order valence-corrected chi connectivity index (χ1v) is 8.31. The molecule has 2 aliphatic rings. The molecule has 2 aromatic carbocycles. The molecule has 0 fully saturated rings. The molecule has 108 valence electrons. The maximum Gasteiger partial charge on any atom is 0.0328 e. The number of fused-ring (bicyclic) bond motifs is 2. The molecular weight excluding hydrogens is 254 g/mol. The molecule has 2 aromatic rings. The van der Waals surface area contributed by atoms with Gasteiger partial charge in [0, 0.05) is 6.04 Å². The largest absolute Gasteiger partial charge is 0.310 e. The van der Waals surface area contributed by atoms with Gasteiger partial charge in [0.25, 0.3) is 0 Å². The maximum absolute atomic E-state index is 3.75. The van der Waals surface area contributed by atoms with Crippen LogP contribution in [-0.2, 0) is 12.8 Å². The molecule has 1 heteroatoms.